The van der Waals surface area contributed by atoms with Gasteiger partial charge in [-0.1, -0.05) is 18.2 Å². The maximum atomic E-state index is 12.8. The van der Waals surface area contributed by atoms with Crippen molar-refractivity contribution in [1.29, 1.82) is 0 Å². The van der Waals surface area contributed by atoms with E-state index in [1.165, 1.54) is 36.1 Å². The molecule has 33 heavy (non-hydrogen) atoms. The average molecular weight is 460 g/mol. The van der Waals surface area contributed by atoms with Crippen molar-refractivity contribution in [1.82, 2.24) is 0 Å². The predicted octanol–water partition coefficient (Wildman–Crippen LogP) is 3.62. The van der Waals surface area contributed by atoms with Gasteiger partial charge in [-0.2, -0.15) is 8.78 Å². The molecular weight excluding hydrogens is 438 g/mol. The monoisotopic (exact) mass is 460 g/mol. The molecule has 174 valence electrons. The third-order valence-electron chi connectivity index (χ3n) is 4.57. The molecule has 0 saturated heterocycles. The number of benzene rings is 2. The summed E-state index contributed by atoms with van der Waals surface area (Å²) < 4.78 is 39.9. The molecule has 0 saturated carbocycles. The molecule has 0 aromatic heterocycles. The van der Waals surface area contributed by atoms with Gasteiger partial charge < -0.3 is 19.5 Å². The smallest absolute Gasteiger partial charge is 0.387 e. The summed E-state index contributed by atoms with van der Waals surface area (Å²) in [6.07, 6.45) is 1.33. The number of ether oxygens (including phenoxy) is 3. The molecule has 3 rings (SSSR count). The van der Waals surface area contributed by atoms with Gasteiger partial charge in [0.2, 0.25) is 5.91 Å². The third-order valence-corrected chi connectivity index (χ3v) is 4.57. The Kier molecular flexibility index (Phi) is 7.60. The zero-order valence-corrected chi connectivity index (χ0v) is 17.9. The zero-order chi connectivity index (χ0) is 24.0. The van der Waals surface area contributed by atoms with E-state index in [-0.39, 0.29) is 30.6 Å². The largest absolute Gasteiger partial charge is 0.490 e. The van der Waals surface area contributed by atoms with Crippen molar-refractivity contribution in [3.05, 3.63) is 54.1 Å². The van der Waals surface area contributed by atoms with Crippen LogP contribution in [0, 0.1) is 0 Å². The number of hydrogen-bond acceptors (Lipinski definition) is 6. The van der Waals surface area contributed by atoms with Crippen molar-refractivity contribution in [2.24, 2.45) is 0 Å². The van der Waals surface area contributed by atoms with E-state index < -0.39 is 24.6 Å². The quantitative estimate of drug-likeness (QED) is 0.478. The van der Waals surface area contributed by atoms with E-state index in [2.05, 4.69) is 10.1 Å². The molecule has 1 atom stereocenters. The van der Waals surface area contributed by atoms with E-state index in [0.717, 1.165) is 6.08 Å². The molecule has 1 unspecified atom stereocenters. The van der Waals surface area contributed by atoms with E-state index in [4.69, 9.17) is 9.47 Å². The first-order valence-electron chi connectivity index (χ1n) is 10.1. The number of hydrogen-bond donors (Lipinski definition) is 1. The van der Waals surface area contributed by atoms with Crippen LogP contribution in [0.4, 0.5) is 20.2 Å². The van der Waals surface area contributed by atoms with Gasteiger partial charge in [-0.15, -0.1) is 0 Å². The number of esters is 1. The Morgan fingerprint density at radius 2 is 1.94 bits per heavy atom. The molecule has 0 radical (unpaired) electrons. The first-order valence-corrected chi connectivity index (χ1v) is 10.1. The Balaban J connectivity index is 1.66. The summed E-state index contributed by atoms with van der Waals surface area (Å²) in [5.41, 5.74) is 1.47. The molecule has 1 aliphatic rings. The molecule has 2 aromatic carbocycles. The normalized spacial score (nSPS) is 14.0. The lowest BCUT2D eigenvalue weighted by Gasteiger charge is -2.30. The van der Waals surface area contributed by atoms with Crippen LogP contribution in [0.3, 0.4) is 0 Å². The minimum absolute atomic E-state index is 0.0962. The van der Waals surface area contributed by atoms with E-state index in [1.807, 2.05) is 0 Å². The van der Waals surface area contributed by atoms with Gasteiger partial charge in [-0.25, -0.2) is 4.79 Å². The lowest BCUT2D eigenvalue weighted by atomic mass is 10.1. The molecule has 8 nitrogen and oxygen atoms in total. The van der Waals surface area contributed by atoms with Gasteiger partial charge in [0.25, 0.3) is 5.91 Å². The maximum Gasteiger partial charge on any atom is 0.387 e. The number of alkyl halides is 2. The zero-order valence-electron chi connectivity index (χ0n) is 17.9. The summed E-state index contributed by atoms with van der Waals surface area (Å²) >= 11 is 0. The minimum Gasteiger partial charge on any atom is -0.490 e. The van der Waals surface area contributed by atoms with Gasteiger partial charge in [0.05, 0.1) is 18.0 Å². The van der Waals surface area contributed by atoms with Gasteiger partial charge >= 0.3 is 12.6 Å². The van der Waals surface area contributed by atoms with Gasteiger partial charge in [0.15, 0.2) is 17.6 Å². The second-order valence-electron chi connectivity index (χ2n) is 6.92. The standard InChI is InChI=1S/C23H22F2N2O6/c1-3-31-19-12-15(8-10-18(19)33-23(24)25)9-11-21(29)32-14(2)22(30)27-13-20(28)26-16-6-4-5-7-17(16)27/h4-12,14,23H,3,13H2,1-2H3,(H,26,28)/b11-9+. The van der Waals surface area contributed by atoms with Crippen molar-refractivity contribution >= 4 is 35.2 Å². The van der Waals surface area contributed by atoms with E-state index >= 15 is 0 Å². The van der Waals surface area contributed by atoms with Crippen LogP contribution in [-0.4, -0.2) is 43.7 Å². The van der Waals surface area contributed by atoms with Crippen LogP contribution < -0.4 is 19.7 Å². The number of anilines is 2. The molecule has 10 heteroatoms. The second kappa shape index (κ2) is 10.6. The van der Waals surface area contributed by atoms with Gasteiger partial charge in [-0.05, 0) is 49.8 Å². The number of para-hydroxylation sites is 2. The van der Waals surface area contributed by atoms with Crippen LogP contribution in [0.5, 0.6) is 11.5 Å². The van der Waals surface area contributed by atoms with Crippen LogP contribution >= 0.6 is 0 Å². The SMILES string of the molecule is CCOc1cc(/C=C/C(=O)OC(C)C(=O)N2CC(=O)Nc3ccccc32)ccc1OC(F)F. The number of amides is 2. The van der Waals surface area contributed by atoms with Gasteiger partial charge in [-0.3, -0.25) is 14.5 Å². The molecule has 1 N–H and O–H groups in total. The summed E-state index contributed by atoms with van der Waals surface area (Å²) in [5, 5.41) is 2.68. The van der Waals surface area contributed by atoms with E-state index in [1.54, 1.807) is 31.2 Å². The highest BCUT2D eigenvalue weighted by Crippen LogP contribution is 2.31. The summed E-state index contributed by atoms with van der Waals surface area (Å²) in [5.74, 6) is -1.73. The summed E-state index contributed by atoms with van der Waals surface area (Å²) in [7, 11) is 0. The number of nitrogens with one attached hydrogen (secondary N) is 1. The Labute approximate surface area is 188 Å². The molecule has 0 bridgehead atoms. The van der Waals surface area contributed by atoms with Crippen LogP contribution in [0.1, 0.15) is 19.4 Å². The highest BCUT2D eigenvalue weighted by molar-refractivity contribution is 6.11. The van der Waals surface area contributed by atoms with Crippen molar-refractivity contribution in [3.63, 3.8) is 0 Å². The fraction of sp³-hybridized carbons (Fsp3) is 0.261. The number of rotatable bonds is 8. The topological polar surface area (TPSA) is 94.2 Å². The number of carbonyl (C=O) groups excluding carboxylic acids is 3. The molecule has 1 aliphatic heterocycles. The number of nitrogens with zero attached hydrogens (tertiary/aromatic N) is 1. The maximum absolute atomic E-state index is 12.8. The Bertz CT molecular complexity index is 1070. The van der Waals surface area contributed by atoms with Crippen LogP contribution in [0.15, 0.2) is 48.5 Å². The molecule has 0 aliphatic carbocycles. The van der Waals surface area contributed by atoms with Crippen molar-refractivity contribution in [3.8, 4) is 11.5 Å². The highest BCUT2D eigenvalue weighted by Gasteiger charge is 2.31. The molecular formula is C23H22F2N2O6. The third kappa shape index (κ3) is 6.06. The Hall–Kier alpha value is -3.95. The number of halogens is 2. The number of carbonyl (C=O) groups is 3. The Morgan fingerprint density at radius 1 is 1.18 bits per heavy atom. The molecule has 0 fully saturated rings. The van der Waals surface area contributed by atoms with Crippen molar-refractivity contribution < 1.29 is 37.4 Å². The van der Waals surface area contributed by atoms with Gasteiger partial charge in [0.1, 0.15) is 6.54 Å². The fourth-order valence-electron chi connectivity index (χ4n) is 3.17. The van der Waals surface area contributed by atoms with Crippen molar-refractivity contribution in [2.45, 2.75) is 26.6 Å². The molecule has 2 aromatic rings. The summed E-state index contributed by atoms with van der Waals surface area (Å²) in [6, 6.07) is 11.0. The lowest BCUT2D eigenvalue weighted by Crippen LogP contribution is -2.46. The highest BCUT2D eigenvalue weighted by atomic mass is 19.3. The van der Waals surface area contributed by atoms with E-state index in [0.29, 0.717) is 16.9 Å². The summed E-state index contributed by atoms with van der Waals surface area (Å²) in [4.78, 5) is 38.2. The fourth-order valence-corrected chi connectivity index (χ4v) is 3.17. The first-order chi connectivity index (χ1) is 15.8. The number of fused-ring (bicyclic) bond motifs is 1. The Morgan fingerprint density at radius 3 is 2.67 bits per heavy atom. The van der Waals surface area contributed by atoms with E-state index in [9.17, 15) is 23.2 Å². The first kappa shape index (κ1) is 23.7. The summed E-state index contributed by atoms with van der Waals surface area (Å²) in [6.45, 7) is 0.131. The van der Waals surface area contributed by atoms with Crippen molar-refractivity contribution in [2.75, 3.05) is 23.4 Å². The molecule has 1 heterocycles. The van der Waals surface area contributed by atoms with Crippen LogP contribution in [-0.2, 0) is 19.1 Å². The average Bonchev–Trinajstić information content (AvgIpc) is 2.78. The minimum atomic E-state index is -3.00. The molecule has 0 spiro atoms. The lowest BCUT2D eigenvalue weighted by molar-refractivity contribution is -0.149. The predicted molar refractivity (Wildman–Crippen MR) is 116 cm³/mol. The van der Waals surface area contributed by atoms with Crippen LogP contribution in [0.25, 0.3) is 6.08 Å². The second-order valence-corrected chi connectivity index (χ2v) is 6.92. The van der Waals surface area contributed by atoms with Gasteiger partial charge in [0, 0.05) is 6.08 Å². The molecule has 2 amide bonds. The van der Waals surface area contributed by atoms with Crippen LogP contribution in [0.2, 0.25) is 0 Å².